The van der Waals surface area contributed by atoms with E-state index in [2.05, 4.69) is 11.2 Å². The number of benzene rings is 2. The maximum absolute atomic E-state index is 10.9. The minimum absolute atomic E-state index is 0.267. The number of carboxylic acids is 1. The predicted molar refractivity (Wildman–Crippen MR) is 85.3 cm³/mol. The van der Waals surface area contributed by atoms with Gasteiger partial charge in [-0.1, -0.05) is 6.07 Å². The van der Waals surface area contributed by atoms with Gasteiger partial charge in [-0.15, -0.1) is 0 Å². The summed E-state index contributed by atoms with van der Waals surface area (Å²) in [5, 5.41) is 13.6. The zero-order valence-electron chi connectivity index (χ0n) is 12.5. The molecule has 0 amide bonds. The normalized spacial score (nSPS) is 11.9. The number of ether oxygens (including phenoxy) is 1. The standard InChI is InChI=1S/C18H14N2O3/c1-23-15-7-4-12-8-13-10-20(19-17(13)16(12)9-15)14-5-2-11(3-6-14)18(21)22/h2-7,9-10H,8H2,1H3,(H,21,22). The van der Waals surface area contributed by atoms with Crippen LogP contribution in [0.5, 0.6) is 5.75 Å². The summed E-state index contributed by atoms with van der Waals surface area (Å²) in [6, 6.07) is 12.7. The van der Waals surface area contributed by atoms with Crippen LogP contribution >= 0.6 is 0 Å². The average molecular weight is 306 g/mol. The first-order valence-electron chi connectivity index (χ1n) is 7.25. The minimum Gasteiger partial charge on any atom is -0.497 e. The minimum atomic E-state index is -0.930. The summed E-state index contributed by atoms with van der Waals surface area (Å²) in [6.45, 7) is 0. The SMILES string of the molecule is COc1ccc2c(c1)-c1nn(-c3ccc(C(=O)O)cc3)cc1C2. The number of aromatic carboxylic acids is 1. The number of rotatable bonds is 3. The van der Waals surface area contributed by atoms with Gasteiger partial charge >= 0.3 is 5.97 Å². The maximum Gasteiger partial charge on any atom is 0.335 e. The Balaban J connectivity index is 1.74. The predicted octanol–water partition coefficient (Wildman–Crippen LogP) is 3.15. The lowest BCUT2D eigenvalue weighted by molar-refractivity contribution is 0.0697. The van der Waals surface area contributed by atoms with E-state index in [0.717, 1.165) is 34.7 Å². The number of aromatic nitrogens is 2. The molecule has 23 heavy (non-hydrogen) atoms. The van der Waals surface area contributed by atoms with Gasteiger partial charge in [0.1, 0.15) is 5.75 Å². The van der Waals surface area contributed by atoms with E-state index < -0.39 is 5.97 Å². The topological polar surface area (TPSA) is 64.4 Å². The molecule has 0 radical (unpaired) electrons. The summed E-state index contributed by atoms with van der Waals surface area (Å²) < 4.78 is 7.08. The van der Waals surface area contributed by atoms with Gasteiger partial charge in [-0.2, -0.15) is 5.10 Å². The number of methoxy groups -OCH3 is 1. The molecule has 2 aromatic carbocycles. The number of nitrogens with zero attached hydrogens (tertiary/aromatic N) is 2. The highest BCUT2D eigenvalue weighted by molar-refractivity contribution is 5.87. The molecule has 4 rings (SSSR count). The van der Waals surface area contributed by atoms with Gasteiger partial charge < -0.3 is 9.84 Å². The molecular formula is C18H14N2O3. The first kappa shape index (κ1) is 13.6. The van der Waals surface area contributed by atoms with Gasteiger partial charge in [0.15, 0.2) is 0 Å². The Bertz CT molecular complexity index is 911. The molecule has 0 unspecified atom stereocenters. The lowest BCUT2D eigenvalue weighted by Crippen LogP contribution is -1.99. The number of carboxylic acid groups (broad SMARTS) is 1. The monoisotopic (exact) mass is 306 g/mol. The van der Waals surface area contributed by atoms with Crippen molar-refractivity contribution in [3.05, 3.63) is 65.4 Å². The number of fused-ring (bicyclic) bond motifs is 3. The second-order valence-electron chi connectivity index (χ2n) is 5.50. The van der Waals surface area contributed by atoms with Crippen LogP contribution in [0, 0.1) is 0 Å². The molecule has 0 bridgehead atoms. The highest BCUT2D eigenvalue weighted by atomic mass is 16.5. The van der Waals surface area contributed by atoms with Gasteiger partial charge in [0.2, 0.25) is 0 Å². The Labute approximate surface area is 132 Å². The molecule has 0 fully saturated rings. The van der Waals surface area contributed by atoms with Crippen LogP contribution in [-0.2, 0) is 6.42 Å². The van der Waals surface area contributed by atoms with Crippen molar-refractivity contribution >= 4 is 5.97 Å². The smallest absolute Gasteiger partial charge is 0.335 e. The molecule has 0 atom stereocenters. The Morgan fingerprint density at radius 2 is 1.96 bits per heavy atom. The van der Waals surface area contributed by atoms with E-state index in [9.17, 15) is 4.79 Å². The van der Waals surface area contributed by atoms with Crippen molar-refractivity contribution in [3.63, 3.8) is 0 Å². The fraction of sp³-hybridized carbons (Fsp3) is 0.111. The van der Waals surface area contributed by atoms with Crippen molar-refractivity contribution in [1.82, 2.24) is 9.78 Å². The highest BCUT2D eigenvalue weighted by Crippen LogP contribution is 2.37. The zero-order chi connectivity index (χ0) is 16.0. The number of hydrogen-bond donors (Lipinski definition) is 1. The summed E-state index contributed by atoms with van der Waals surface area (Å²) >= 11 is 0. The molecule has 114 valence electrons. The third kappa shape index (κ3) is 2.17. The summed E-state index contributed by atoms with van der Waals surface area (Å²) in [5.74, 6) is -0.113. The van der Waals surface area contributed by atoms with Crippen molar-refractivity contribution in [2.75, 3.05) is 7.11 Å². The Hall–Kier alpha value is -3.08. The molecule has 1 heterocycles. The molecule has 3 aromatic rings. The van der Waals surface area contributed by atoms with E-state index >= 15 is 0 Å². The fourth-order valence-electron chi connectivity index (χ4n) is 2.92. The van der Waals surface area contributed by atoms with E-state index in [-0.39, 0.29) is 5.56 Å². The van der Waals surface area contributed by atoms with E-state index in [0.29, 0.717) is 0 Å². The van der Waals surface area contributed by atoms with Crippen LogP contribution in [0.15, 0.2) is 48.7 Å². The molecule has 1 aromatic heterocycles. The van der Waals surface area contributed by atoms with Crippen LogP contribution in [-0.4, -0.2) is 28.0 Å². The van der Waals surface area contributed by atoms with Gasteiger partial charge in [-0.3, -0.25) is 0 Å². The van der Waals surface area contributed by atoms with E-state index in [1.54, 1.807) is 36.1 Å². The van der Waals surface area contributed by atoms with Crippen molar-refractivity contribution < 1.29 is 14.6 Å². The molecule has 5 nitrogen and oxygen atoms in total. The van der Waals surface area contributed by atoms with Gasteiger partial charge in [0.05, 0.1) is 24.1 Å². The summed E-state index contributed by atoms with van der Waals surface area (Å²) in [4.78, 5) is 10.9. The molecule has 5 heteroatoms. The Morgan fingerprint density at radius 1 is 1.17 bits per heavy atom. The first-order valence-corrected chi connectivity index (χ1v) is 7.25. The van der Waals surface area contributed by atoms with Crippen LogP contribution in [0.3, 0.4) is 0 Å². The van der Waals surface area contributed by atoms with E-state index in [1.165, 1.54) is 5.56 Å². The van der Waals surface area contributed by atoms with Crippen LogP contribution in [0.2, 0.25) is 0 Å². The lowest BCUT2D eigenvalue weighted by atomic mass is 10.1. The second kappa shape index (κ2) is 4.98. The van der Waals surface area contributed by atoms with Gasteiger partial charge in [-0.25, -0.2) is 9.48 Å². The molecule has 1 aliphatic rings. The number of hydrogen-bond acceptors (Lipinski definition) is 3. The van der Waals surface area contributed by atoms with Crippen molar-refractivity contribution in [3.8, 4) is 22.7 Å². The van der Waals surface area contributed by atoms with Crippen LogP contribution in [0.25, 0.3) is 16.9 Å². The summed E-state index contributed by atoms with van der Waals surface area (Å²) in [6.07, 6.45) is 2.85. The zero-order valence-corrected chi connectivity index (χ0v) is 12.5. The fourth-order valence-corrected chi connectivity index (χ4v) is 2.92. The lowest BCUT2D eigenvalue weighted by Gasteiger charge is -2.05. The summed E-state index contributed by atoms with van der Waals surface area (Å²) in [7, 11) is 1.65. The summed E-state index contributed by atoms with van der Waals surface area (Å²) in [5.41, 5.74) is 5.58. The molecule has 1 N–H and O–H groups in total. The third-order valence-corrected chi connectivity index (χ3v) is 4.12. The second-order valence-corrected chi connectivity index (χ2v) is 5.50. The molecule has 0 spiro atoms. The molecule has 1 aliphatic carbocycles. The number of carbonyl (C=O) groups is 1. The van der Waals surface area contributed by atoms with Gasteiger partial charge in [0.25, 0.3) is 0 Å². The Morgan fingerprint density at radius 3 is 2.65 bits per heavy atom. The van der Waals surface area contributed by atoms with E-state index in [4.69, 9.17) is 9.84 Å². The first-order chi connectivity index (χ1) is 11.2. The van der Waals surface area contributed by atoms with Crippen LogP contribution in [0.1, 0.15) is 21.5 Å². The molecule has 0 saturated heterocycles. The van der Waals surface area contributed by atoms with Crippen molar-refractivity contribution in [1.29, 1.82) is 0 Å². The van der Waals surface area contributed by atoms with Crippen LogP contribution < -0.4 is 4.74 Å². The molecule has 0 aliphatic heterocycles. The van der Waals surface area contributed by atoms with Crippen LogP contribution in [0.4, 0.5) is 0 Å². The van der Waals surface area contributed by atoms with Gasteiger partial charge in [-0.05, 0) is 42.0 Å². The Kier molecular flexibility index (Phi) is 2.94. The quantitative estimate of drug-likeness (QED) is 0.631. The maximum atomic E-state index is 10.9. The van der Waals surface area contributed by atoms with E-state index in [1.807, 2.05) is 18.3 Å². The van der Waals surface area contributed by atoms with Gasteiger partial charge in [0, 0.05) is 23.7 Å². The molecule has 0 saturated carbocycles. The van der Waals surface area contributed by atoms with Crippen molar-refractivity contribution in [2.24, 2.45) is 0 Å². The average Bonchev–Trinajstić information content (AvgIpc) is 3.12. The molecular weight excluding hydrogens is 292 g/mol. The highest BCUT2D eigenvalue weighted by Gasteiger charge is 2.23. The van der Waals surface area contributed by atoms with Crippen molar-refractivity contribution in [2.45, 2.75) is 6.42 Å². The third-order valence-electron chi connectivity index (χ3n) is 4.12. The largest absolute Gasteiger partial charge is 0.497 e.